The molecule has 140 valence electrons. The van der Waals surface area contributed by atoms with Crippen molar-refractivity contribution in [3.63, 3.8) is 0 Å². The summed E-state index contributed by atoms with van der Waals surface area (Å²) < 4.78 is 0. The van der Waals surface area contributed by atoms with E-state index in [0.717, 1.165) is 25.9 Å². The number of carbonyl (C=O) groups excluding carboxylic acids is 1. The van der Waals surface area contributed by atoms with Crippen molar-refractivity contribution in [2.75, 3.05) is 19.0 Å². The number of halogens is 1. The molecule has 0 aromatic carbocycles. The summed E-state index contributed by atoms with van der Waals surface area (Å²) in [6, 6.07) is 0.484. The first kappa shape index (κ1) is 19.1. The molecule has 1 aliphatic heterocycles. The van der Waals surface area contributed by atoms with Crippen molar-refractivity contribution >= 4 is 17.5 Å². The Morgan fingerprint density at radius 3 is 2.28 bits per heavy atom. The molecule has 2 aliphatic carbocycles. The molecule has 1 amide bonds. The Balaban J connectivity index is 1.59. The van der Waals surface area contributed by atoms with Crippen LogP contribution >= 0.6 is 11.6 Å². The Hall–Kier alpha value is -0.720. The first-order valence-electron chi connectivity index (χ1n) is 10.3. The topological polar surface area (TPSA) is 32.3 Å². The molecule has 1 heterocycles. The number of nitrogens with one attached hydrogen (secondary N) is 1. The molecule has 0 radical (unpaired) electrons. The number of carbonyl (C=O) groups is 1. The second-order valence-electron chi connectivity index (χ2n) is 8.18. The fourth-order valence-corrected chi connectivity index (χ4v) is 4.87. The standard InChI is InChI=1S/C21H33ClN2O/c22-17-20(25)24-15-10-19(11-16-24)23-21(12-5-2-6-13-21)14-9-18-7-3-1-4-8-18/h18-19,23H,1-8,10-13,15-17H2. The number of piperidine rings is 1. The SMILES string of the molecule is O=C(CCl)N1CCC(NC2(C#CC3CCCCC3)CCCCC2)CC1. The second-order valence-corrected chi connectivity index (χ2v) is 8.45. The third-order valence-electron chi connectivity index (χ3n) is 6.27. The van der Waals surface area contributed by atoms with Crippen molar-refractivity contribution in [1.29, 1.82) is 0 Å². The molecule has 1 saturated heterocycles. The van der Waals surface area contributed by atoms with Gasteiger partial charge in [-0.15, -0.1) is 11.6 Å². The second kappa shape index (κ2) is 9.28. The van der Waals surface area contributed by atoms with E-state index in [4.69, 9.17) is 11.6 Å². The van der Waals surface area contributed by atoms with Crippen molar-refractivity contribution < 1.29 is 4.79 Å². The van der Waals surface area contributed by atoms with E-state index in [1.807, 2.05) is 4.90 Å². The third kappa shape index (κ3) is 5.38. The Bertz CT molecular complexity index is 490. The van der Waals surface area contributed by atoms with E-state index in [9.17, 15) is 4.79 Å². The van der Waals surface area contributed by atoms with Gasteiger partial charge in [0.05, 0.1) is 5.54 Å². The molecule has 0 atom stereocenters. The van der Waals surface area contributed by atoms with Crippen LogP contribution in [0.15, 0.2) is 0 Å². The number of nitrogens with zero attached hydrogens (tertiary/aromatic N) is 1. The highest BCUT2D eigenvalue weighted by Crippen LogP contribution is 2.30. The first-order valence-corrected chi connectivity index (χ1v) is 10.9. The molecule has 2 saturated carbocycles. The molecule has 0 aromatic heterocycles. The summed E-state index contributed by atoms with van der Waals surface area (Å²) >= 11 is 5.69. The van der Waals surface area contributed by atoms with E-state index in [-0.39, 0.29) is 17.3 Å². The van der Waals surface area contributed by atoms with Gasteiger partial charge in [-0.3, -0.25) is 10.1 Å². The molecule has 3 fully saturated rings. The molecule has 0 aromatic rings. The van der Waals surface area contributed by atoms with Gasteiger partial charge in [-0.2, -0.15) is 0 Å². The maximum Gasteiger partial charge on any atom is 0.237 e. The molecule has 3 aliphatic rings. The average molecular weight is 365 g/mol. The molecule has 0 unspecified atom stereocenters. The highest BCUT2D eigenvalue weighted by atomic mass is 35.5. The third-order valence-corrected chi connectivity index (χ3v) is 6.50. The van der Waals surface area contributed by atoms with Crippen LogP contribution in [0.4, 0.5) is 0 Å². The summed E-state index contributed by atoms with van der Waals surface area (Å²) in [6.07, 6.45) is 15.0. The fourth-order valence-electron chi connectivity index (χ4n) is 4.70. The highest BCUT2D eigenvalue weighted by Gasteiger charge is 2.34. The summed E-state index contributed by atoms with van der Waals surface area (Å²) in [5, 5.41) is 3.94. The van der Waals surface area contributed by atoms with Gasteiger partial charge >= 0.3 is 0 Å². The van der Waals surface area contributed by atoms with E-state index in [1.54, 1.807) is 0 Å². The minimum atomic E-state index is 0.0268. The van der Waals surface area contributed by atoms with Gasteiger partial charge in [0.1, 0.15) is 5.88 Å². The Morgan fingerprint density at radius 1 is 1.00 bits per heavy atom. The fraction of sp³-hybridized carbons (Fsp3) is 0.857. The van der Waals surface area contributed by atoms with Crippen LogP contribution in [-0.4, -0.2) is 41.4 Å². The van der Waals surface area contributed by atoms with E-state index in [2.05, 4.69) is 17.2 Å². The van der Waals surface area contributed by atoms with Crippen molar-refractivity contribution in [2.45, 2.75) is 88.6 Å². The minimum Gasteiger partial charge on any atom is -0.342 e. The largest absolute Gasteiger partial charge is 0.342 e. The van der Waals surface area contributed by atoms with Crippen LogP contribution in [0.2, 0.25) is 0 Å². The minimum absolute atomic E-state index is 0.0268. The molecule has 25 heavy (non-hydrogen) atoms. The Morgan fingerprint density at radius 2 is 1.64 bits per heavy atom. The van der Waals surface area contributed by atoms with Crippen molar-refractivity contribution in [1.82, 2.24) is 10.2 Å². The lowest BCUT2D eigenvalue weighted by Crippen LogP contribution is -2.54. The number of rotatable bonds is 3. The van der Waals surface area contributed by atoms with Gasteiger partial charge < -0.3 is 4.90 Å². The van der Waals surface area contributed by atoms with Crippen LogP contribution in [0.3, 0.4) is 0 Å². The van der Waals surface area contributed by atoms with Crippen molar-refractivity contribution in [3.05, 3.63) is 0 Å². The molecular formula is C21H33ClN2O. The van der Waals surface area contributed by atoms with Gasteiger partial charge in [0, 0.05) is 25.0 Å². The summed E-state index contributed by atoms with van der Waals surface area (Å²) in [5.74, 6) is 8.20. The van der Waals surface area contributed by atoms with Gasteiger partial charge in [-0.1, -0.05) is 50.4 Å². The van der Waals surface area contributed by atoms with Crippen molar-refractivity contribution in [2.24, 2.45) is 5.92 Å². The maximum absolute atomic E-state index is 11.8. The summed E-state index contributed by atoms with van der Waals surface area (Å²) in [4.78, 5) is 13.7. The van der Waals surface area contributed by atoms with Crippen LogP contribution in [0.5, 0.6) is 0 Å². The zero-order chi connectivity index (χ0) is 17.5. The van der Waals surface area contributed by atoms with Gasteiger partial charge in [-0.05, 0) is 38.5 Å². The lowest BCUT2D eigenvalue weighted by Gasteiger charge is -2.40. The van der Waals surface area contributed by atoms with Crippen LogP contribution < -0.4 is 5.32 Å². The summed E-state index contributed by atoms with van der Waals surface area (Å²) in [6.45, 7) is 1.66. The van der Waals surface area contributed by atoms with Crippen molar-refractivity contribution in [3.8, 4) is 11.8 Å². The molecule has 3 nitrogen and oxygen atoms in total. The number of hydrogen-bond acceptors (Lipinski definition) is 2. The predicted octanol–water partition coefficient (Wildman–Crippen LogP) is 4.09. The van der Waals surface area contributed by atoms with Gasteiger partial charge in [-0.25, -0.2) is 0 Å². The summed E-state index contributed by atoms with van der Waals surface area (Å²) in [5.41, 5.74) is 0.0268. The number of amides is 1. The molecule has 1 N–H and O–H groups in total. The van der Waals surface area contributed by atoms with Gasteiger partial charge in [0.25, 0.3) is 0 Å². The van der Waals surface area contributed by atoms with Crippen LogP contribution in [-0.2, 0) is 4.79 Å². The molecule has 3 rings (SSSR count). The first-order chi connectivity index (χ1) is 12.2. The lowest BCUT2D eigenvalue weighted by atomic mass is 9.80. The molecular weight excluding hydrogens is 332 g/mol. The average Bonchev–Trinajstić information content (AvgIpc) is 2.68. The normalized spacial score (nSPS) is 25.2. The smallest absolute Gasteiger partial charge is 0.237 e. The van der Waals surface area contributed by atoms with Crippen LogP contribution in [0.25, 0.3) is 0 Å². The zero-order valence-corrected chi connectivity index (χ0v) is 16.3. The predicted molar refractivity (Wildman–Crippen MR) is 104 cm³/mol. The quantitative estimate of drug-likeness (QED) is 0.604. The Labute approximate surface area is 158 Å². The maximum atomic E-state index is 11.8. The zero-order valence-electron chi connectivity index (χ0n) is 15.5. The lowest BCUT2D eigenvalue weighted by molar-refractivity contribution is -0.129. The Kier molecular flexibility index (Phi) is 7.08. The number of hydrogen-bond donors (Lipinski definition) is 1. The van der Waals surface area contributed by atoms with E-state index in [0.29, 0.717) is 12.0 Å². The molecule has 0 spiro atoms. The van der Waals surface area contributed by atoms with Gasteiger partial charge in [0.15, 0.2) is 0 Å². The van der Waals surface area contributed by atoms with Crippen LogP contribution in [0, 0.1) is 17.8 Å². The van der Waals surface area contributed by atoms with E-state index in [1.165, 1.54) is 64.2 Å². The number of likely N-dealkylation sites (tertiary alicyclic amines) is 1. The molecule has 4 heteroatoms. The monoisotopic (exact) mass is 364 g/mol. The van der Waals surface area contributed by atoms with Crippen LogP contribution in [0.1, 0.15) is 77.0 Å². The highest BCUT2D eigenvalue weighted by molar-refractivity contribution is 6.27. The number of alkyl halides is 1. The van der Waals surface area contributed by atoms with E-state index < -0.39 is 0 Å². The van der Waals surface area contributed by atoms with Gasteiger partial charge in [0.2, 0.25) is 5.91 Å². The summed E-state index contributed by atoms with van der Waals surface area (Å²) in [7, 11) is 0. The van der Waals surface area contributed by atoms with E-state index >= 15 is 0 Å². The molecule has 0 bridgehead atoms.